The van der Waals surface area contributed by atoms with E-state index in [-0.39, 0.29) is 24.4 Å². The summed E-state index contributed by atoms with van der Waals surface area (Å²) in [6, 6.07) is 28.0. The van der Waals surface area contributed by atoms with Crippen molar-refractivity contribution in [1.29, 1.82) is 0 Å². The fourth-order valence-electron chi connectivity index (χ4n) is 4.04. The molecule has 2 amide bonds. The van der Waals surface area contributed by atoms with Gasteiger partial charge in [-0.15, -0.1) is 11.3 Å². The molecule has 0 saturated carbocycles. The Morgan fingerprint density at radius 2 is 1.51 bits per heavy atom. The highest BCUT2D eigenvalue weighted by molar-refractivity contribution is 7.12. The van der Waals surface area contributed by atoms with Crippen molar-refractivity contribution < 1.29 is 9.59 Å². The number of hydrogen-bond donors (Lipinski definition) is 0. The molecule has 0 N–H and O–H groups in total. The molecule has 0 bridgehead atoms. The fraction of sp³-hybridized carbons (Fsp3) is 0.241. The Kier molecular flexibility index (Phi) is 8.16. The lowest BCUT2D eigenvalue weighted by molar-refractivity contribution is -0.133. The first-order valence-electron chi connectivity index (χ1n) is 11.9. The molecule has 0 unspecified atom stereocenters. The molecule has 6 heteroatoms. The molecule has 35 heavy (non-hydrogen) atoms. The number of hydrogen-bond acceptors (Lipinski definition) is 3. The van der Waals surface area contributed by atoms with E-state index in [9.17, 15) is 9.59 Å². The zero-order valence-corrected chi connectivity index (χ0v) is 21.0. The fourth-order valence-corrected chi connectivity index (χ4v) is 4.71. The van der Waals surface area contributed by atoms with Gasteiger partial charge in [0.2, 0.25) is 5.91 Å². The van der Waals surface area contributed by atoms with E-state index in [1.54, 1.807) is 4.90 Å². The number of thiophene rings is 1. The number of benzene rings is 2. The number of carbonyl (C=O) groups is 2. The van der Waals surface area contributed by atoms with Gasteiger partial charge in [-0.05, 0) is 48.6 Å². The van der Waals surface area contributed by atoms with Crippen molar-refractivity contribution in [1.82, 2.24) is 14.4 Å². The summed E-state index contributed by atoms with van der Waals surface area (Å²) in [5.41, 5.74) is 3.32. The smallest absolute Gasteiger partial charge is 0.264 e. The highest BCUT2D eigenvalue weighted by atomic mass is 32.1. The topological polar surface area (TPSA) is 45.6 Å². The van der Waals surface area contributed by atoms with E-state index in [1.165, 1.54) is 16.9 Å². The largest absolute Gasteiger partial charge is 0.345 e. The summed E-state index contributed by atoms with van der Waals surface area (Å²) >= 11 is 1.40. The first-order valence-corrected chi connectivity index (χ1v) is 12.7. The van der Waals surface area contributed by atoms with Gasteiger partial charge in [-0.1, -0.05) is 66.7 Å². The SMILES string of the molecule is CC(C)N(CC(=O)N(Cc1ccccc1)Cc1cccn1Cc1ccccc1)C(=O)c1cccs1. The van der Waals surface area contributed by atoms with Crippen molar-refractivity contribution in [3.05, 3.63) is 118 Å². The van der Waals surface area contributed by atoms with Gasteiger partial charge in [0.1, 0.15) is 6.54 Å². The second kappa shape index (κ2) is 11.7. The van der Waals surface area contributed by atoms with E-state index < -0.39 is 0 Å². The van der Waals surface area contributed by atoms with Crippen LogP contribution in [0.15, 0.2) is 96.5 Å². The zero-order chi connectivity index (χ0) is 24.6. The van der Waals surface area contributed by atoms with Crippen LogP contribution in [0.25, 0.3) is 0 Å². The number of nitrogens with zero attached hydrogens (tertiary/aromatic N) is 3. The van der Waals surface area contributed by atoms with Gasteiger partial charge in [0, 0.05) is 31.0 Å². The van der Waals surface area contributed by atoms with E-state index in [2.05, 4.69) is 22.8 Å². The molecule has 180 valence electrons. The third-order valence-corrected chi connectivity index (χ3v) is 6.82. The Balaban J connectivity index is 1.55. The van der Waals surface area contributed by atoms with Gasteiger partial charge >= 0.3 is 0 Å². The molecule has 0 aliphatic carbocycles. The van der Waals surface area contributed by atoms with Crippen LogP contribution >= 0.6 is 11.3 Å². The third-order valence-electron chi connectivity index (χ3n) is 5.96. The highest BCUT2D eigenvalue weighted by Gasteiger charge is 2.25. The summed E-state index contributed by atoms with van der Waals surface area (Å²) in [6.07, 6.45) is 2.05. The maximum absolute atomic E-state index is 13.7. The minimum atomic E-state index is -0.101. The van der Waals surface area contributed by atoms with Gasteiger partial charge in [-0.2, -0.15) is 0 Å². The minimum absolute atomic E-state index is 0.0423. The van der Waals surface area contributed by atoms with E-state index in [0.29, 0.717) is 18.0 Å². The number of carbonyl (C=O) groups excluding carboxylic acids is 2. The Morgan fingerprint density at radius 1 is 0.829 bits per heavy atom. The van der Waals surface area contributed by atoms with Crippen molar-refractivity contribution in [2.45, 2.75) is 39.5 Å². The van der Waals surface area contributed by atoms with Gasteiger partial charge < -0.3 is 14.4 Å². The van der Waals surface area contributed by atoms with Crippen molar-refractivity contribution in [3.8, 4) is 0 Å². The molecule has 0 fully saturated rings. The van der Waals surface area contributed by atoms with E-state index in [0.717, 1.165) is 17.8 Å². The van der Waals surface area contributed by atoms with Crippen LogP contribution in [-0.2, 0) is 24.4 Å². The van der Waals surface area contributed by atoms with E-state index >= 15 is 0 Å². The van der Waals surface area contributed by atoms with Crippen LogP contribution in [0.5, 0.6) is 0 Å². The summed E-state index contributed by atoms with van der Waals surface area (Å²) in [6.45, 7) is 5.63. The summed E-state index contributed by atoms with van der Waals surface area (Å²) in [7, 11) is 0. The molecule has 0 atom stereocenters. The average Bonchev–Trinajstić information content (AvgIpc) is 3.55. The number of rotatable bonds is 10. The zero-order valence-electron chi connectivity index (χ0n) is 20.2. The van der Waals surface area contributed by atoms with E-state index in [1.807, 2.05) is 97.1 Å². The lowest BCUT2D eigenvalue weighted by Gasteiger charge is -2.30. The summed E-state index contributed by atoms with van der Waals surface area (Å²) < 4.78 is 2.18. The Bertz CT molecular complexity index is 1220. The minimum Gasteiger partial charge on any atom is -0.345 e. The van der Waals surface area contributed by atoms with Crippen molar-refractivity contribution >= 4 is 23.2 Å². The van der Waals surface area contributed by atoms with Gasteiger partial charge in [0.15, 0.2) is 0 Å². The predicted molar refractivity (Wildman–Crippen MR) is 141 cm³/mol. The van der Waals surface area contributed by atoms with Crippen molar-refractivity contribution in [2.75, 3.05) is 6.54 Å². The van der Waals surface area contributed by atoms with Gasteiger partial charge in [-0.3, -0.25) is 9.59 Å². The van der Waals surface area contributed by atoms with Gasteiger partial charge in [0.25, 0.3) is 5.91 Å². The number of aromatic nitrogens is 1. The molecule has 2 heterocycles. The molecule has 5 nitrogen and oxygen atoms in total. The van der Waals surface area contributed by atoms with Crippen LogP contribution in [0.2, 0.25) is 0 Å². The van der Waals surface area contributed by atoms with Crippen LogP contribution in [-0.4, -0.2) is 38.8 Å². The molecule has 0 aliphatic rings. The quantitative estimate of drug-likeness (QED) is 0.290. The second-order valence-corrected chi connectivity index (χ2v) is 9.80. The van der Waals surface area contributed by atoms with Crippen LogP contribution in [0.1, 0.15) is 40.3 Å². The molecule has 0 saturated heterocycles. The third kappa shape index (κ3) is 6.49. The average molecular weight is 486 g/mol. The molecule has 0 aliphatic heterocycles. The summed E-state index contributed by atoms with van der Waals surface area (Å²) in [5, 5.41) is 1.89. The maximum atomic E-state index is 13.7. The van der Waals surface area contributed by atoms with Crippen LogP contribution in [0.4, 0.5) is 0 Å². The lowest BCUT2D eigenvalue weighted by atomic mass is 10.2. The van der Waals surface area contributed by atoms with Crippen LogP contribution < -0.4 is 0 Å². The van der Waals surface area contributed by atoms with Gasteiger partial charge in [0.05, 0.1) is 11.4 Å². The Morgan fingerprint density at radius 3 is 2.14 bits per heavy atom. The standard InChI is InChI=1S/C29H31N3O2S/c1-23(2)32(29(34)27-16-10-18-35-27)22-28(33)31(20-25-13-7-4-8-14-25)21-26-15-9-17-30(26)19-24-11-5-3-6-12-24/h3-18,23H,19-22H2,1-2H3. The van der Waals surface area contributed by atoms with E-state index in [4.69, 9.17) is 0 Å². The molecule has 4 rings (SSSR count). The van der Waals surface area contributed by atoms with Gasteiger partial charge in [-0.25, -0.2) is 0 Å². The summed E-state index contributed by atoms with van der Waals surface area (Å²) in [5.74, 6) is -0.171. The Hall–Kier alpha value is -3.64. The molecule has 0 radical (unpaired) electrons. The van der Waals surface area contributed by atoms with Crippen molar-refractivity contribution in [2.24, 2.45) is 0 Å². The number of amides is 2. The van der Waals surface area contributed by atoms with Crippen LogP contribution in [0.3, 0.4) is 0 Å². The molecule has 0 spiro atoms. The normalized spacial score (nSPS) is 10.9. The van der Waals surface area contributed by atoms with Crippen molar-refractivity contribution in [3.63, 3.8) is 0 Å². The monoisotopic (exact) mass is 485 g/mol. The lowest BCUT2D eigenvalue weighted by Crippen LogP contribution is -2.45. The predicted octanol–water partition coefficient (Wildman–Crippen LogP) is 5.68. The molecule has 4 aromatic rings. The molecule has 2 aromatic heterocycles. The summed E-state index contributed by atoms with van der Waals surface area (Å²) in [4.78, 5) is 30.9. The second-order valence-electron chi connectivity index (χ2n) is 8.85. The highest BCUT2D eigenvalue weighted by Crippen LogP contribution is 2.17. The first kappa shape index (κ1) is 24.5. The molecular weight excluding hydrogens is 454 g/mol. The molecule has 2 aromatic carbocycles. The molecular formula is C29H31N3O2S. The Labute approximate surface area is 211 Å². The van der Waals surface area contributed by atoms with Crippen LogP contribution in [0, 0.1) is 0 Å². The maximum Gasteiger partial charge on any atom is 0.264 e. The first-order chi connectivity index (χ1) is 17.0.